The van der Waals surface area contributed by atoms with Gasteiger partial charge in [0, 0.05) is 17.3 Å². The fraction of sp³-hybridized carbons (Fsp3) is 0.333. The molecule has 3 unspecified atom stereocenters. The number of aliphatic hydroxyl groups excluding tert-OH is 2. The van der Waals surface area contributed by atoms with Gasteiger partial charge in [0.05, 0.1) is 12.9 Å². The first-order valence-corrected chi connectivity index (χ1v) is 7.18. The van der Waals surface area contributed by atoms with Gasteiger partial charge in [-0.05, 0) is 10.2 Å². The fourth-order valence-electron chi connectivity index (χ4n) is 2.05. The van der Waals surface area contributed by atoms with E-state index in [9.17, 15) is 14.3 Å². The van der Waals surface area contributed by atoms with Gasteiger partial charge in [-0.15, -0.1) is 0 Å². The number of rotatable bonds is 3. The van der Waals surface area contributed by atoms with Crippen molar-refractivity contribution < 1.29 is 19.3 Å². The molecule has 0 aromatic carbocycles. The standard InChI is InChI=1S/C12H13FIN3O4/c13-3-7-8(5-18)21-11(9(7)19)17-4-6(1-2-14)10(15)16-12(17)20/h1-4,8-9,11,18-19H,5H2,(H2,15,16,20). The second-order valence-corrected chi connectivity index (χ2v) is 5.03. The Bertz CT molecular complexity index is 646. The van der Waals surface area contributed by atoms with Crippen LogP contribution in [0.25, 0.3) is 6.08 Å². The van der Waals surface area contributed by atoms with Gasteiger partial charge in [0.25, 0.3) is 0 Å². The quantitative estimate of drug-likeness (QED) is 0.621. The SMILES string of the molecule is Nc1nc(=O)n(C2OC(CO)C(=CF)C2O)cc1C=CI. The maximum Gasteiger partial charge on any atom is 0.351 e. The lowest BCUT2D eigenvalue weighted by molar-refractivity contribution is -0.0527. The van der Waals surface area contributed by atoms with Gasteiger partial charge in [-0.3, -0.25) is 4.57 Å². The number of hydrogen-bond donors (Lipinski definition) is 3. The summed E-state index contributed by atoms with van der Waals surface area (Å²) in [6.45, 7) is -0.513. The van der Waals surface area contributed by atoms with Crippen molar-refractivity contribution >= 4 is 34.5 Å². The lowest BCUT2D eigenvalue weighted by Gasteiger charge is -2.17. The molecule has 1 aliphatic rings. The minimum absolute atomic E-state index is 0.0385. The highest BCUT2D eigenvalue weighted by Gasteiger charge is 2.40. The Hall–Kier alpha value is -1.30. The van der Waals surface area contributed by atoms with Gasteiger partial charge >= 0.3 is 5.69 Å². The number of ether oxygens (including phenoxy) is 1. The first kappa shape index (κ1) is 16.1. The molecule has 2 rings (SSSR count). The second kappa shape index (κ2) is 6.64. The van der Waals surface area contributed by atoms with Crippen LogP contribution in [-0.2, 0) is 4.74 Å². The minimum atomic E-state index is -1.40. The van der Waals surface area contributed by atoms with Gasteiger partial charge in [-0.2, -0.15) is 4.98 Å². The van der Waals surface area contributed by atoms with E-state index in [2.05, 4.69) is 4.98 Å². The van der Waals surface area contributed by atoms with E-state index in [0.717, 1.165) is 4.57 Å². The van der Waals surface area contributed by atoms with Crippen molar-refractivity contribution in [2.45, 2.75) is 18.4 Å². The zero-order valence-corrected chi connectivity index (χ0v) is 12.8. The molecule has 1 aliphatic heterocycles. The number of nitrogen functional groups attached to an aromatic ring is 1. The van der Waals surface area contributed by atoms with Crippen LogP contribution in [0.2, 0.25) is 0 Å². The van der Waals surface area contributed by atoms with Crippen molar-refractivity contribution in [3.63, 3.8) is 0 Å². The van der Waals surface area contributed by atoms with Gasteiger partial charge in [-0.25, -0.2) is 9.18 Å². The number of aliphatic hydroxyl groups is 2. The third kappa shape index (κ3) is 3.00. The number of hydrogen-bond acceptors (Lipinski definition) is 6. The maximum absolute atomic E-state index is 12.8. The lowest BCUT2D eigenvalue weighted by Crippen LogP contribution is -2.32. The number of nitrogens with zero attached hydrogens (tertiary/aromatic N) is 2. The summed E-state index contributed by atoms with van der Waals surface area (Å²) in [5.41, 5.74) is 5.21. The molecule has 1 aromatic rings. The van der Waals surface area contributed by atoms with E-state index in [4.69, 9.17) is 15.6 Å². The molecule has 0 saturated carbocycles. The van der Waals surface area contributed by atoms with E-state index >= 15 is 0 Å². The van der Waals surface area contributed by atoms with Crippen LogP contribution >= 0.6 is 22.6 Å². The summed E-state index contributed by atoms with van der Waals surface area (Å²) in [7, 11) is 0. The summed E-state index contributed by atoms with van der Waals surface area (Å²) in [5.74, 6) is 0.0385. The van der Waals surface area contributed by atoms with E-state index in [0.29, 0.717) is 5.56 Å². The van der Waals surface area contributed by atoms with E-state index in [-0.39, 0.29) is 17.7 Å². The molecule has 1 aromatic heterocycles. The molecule has 21 heavy (non-hydrogen) atoms. The number of anilines is 1. The molecule has 0 aliphatic carbocycles. The molecule has 0 spiro atoms. The highest BCUT2D eigenvalue weighted by molar-refractivity contribution is 14.1. The minimum Gasteiger partial charge on any atom is -0.393 e. The molecule has 1 saturated heterocycles. The van der Waals surface area contributed by atoms with Crippen LogP contribution < -0.4 is 11.4 Å². The average molecular weight is 409 g/mol. The highest BCUT2D eigenvalue weighted by atomic mass is 127. The zero-order valence-electron chi connectivity index (χ0n) is 10.7. The second-order valence-electron chi connectivity index (χ2n) is 4.32. The molecular weight excluding hydrogens is 396 g/mol. The largest absolute Gasteiger partial charge is 0.393 e. The number of nitrogens with two attached hydrogens (primary N) is 1. The van der Waals surface area contributed by atoms with E-state index in [1.807, 2.05) is 22.6 Å². The van der Waals surface area contributed by atoms with Crippen molar-refractivity contribution in [1.29, 1.82) is 0 Å². The Balaban J connectivity index is 2.47. The molecule has 4 N–H and O–H groups in total. The van der Waals surface area contributed by atoms with Crippen LogP contribution in [0.5, 0.6) is 0 Å². The fourth-order valence-corrected chi connectivity index (χ4v) is 2.44. The van der Waals surface area contributed by atoms with E-state index < -0.39 is 30.7 Å². The van der Waals surface area contributed by atoms with E-state index in [1.165, 1.54) is 6.20 Å². The molecule has 9 heteroatoms. The van der Waals surface area contributed by atoms with Crippen LogP contribution in [0, 0.1) is 0 Å². The molecule has 3 atom stereocenters. The summed E-state index contributed by atoms with van der Waals surface area (Å²) in [4.78, 5) is 15.5. The normalized spacial score (nSPS) is 27.8. The zero-order chi connectivity index (χ0) is 15.6. The molecular formula is C12H13FIN3O4. The Labute approximate surface area is 132 Å². The molecule has 1 fully saturated rings. The summed E-state index contributed by atoms with van der Waals surface area (Å²) in [6, 6.07) is 0. The Morgan fingerprint density at radius 3 is 2.86 bits per heavy atom. The number of aromatic nitrogens is 2. The summed E-state index contributed by atoms with van der Waals surface area (Å²) in [5, 5.41) is 19.2. The topological polar surface area (TPSA) is 111 Å². The highest BCUT2D eigenvalue weighted by Crippen LogP contribution is 2.33. The Morgan fingerprint density at radius 1 is 1.62 bits per heavy atom. The molecule has 0 bridgehead atoms. The molecule has 114 valence electrons. The predicted molar refractivity (Wildman–Crippen MR) is 82.2 cm³/mol. The Morgan fingerprint density at radius 2 is 2.33 bits per heavy atom. The third-order valence-electron chi connectivity index (χ3n) is 3.11. The third-order valence-corrected chi connectivity index (χ3v) is 3.47. The monoisotopic (exact) mass is 409 g/mol. The first-order valence-electron chi connectivity index (χ1n) is 5.93. The maximum atomic E-state index is 12.8. The van der Waals surface area contributed by atoms with Crippen LogP contribution in [0.3, 0.4) is 0 Å². The van der Waals surface area contributed by atoms with Gasteiger partial charge in [-0.1, -0.05) is 22.6 Å². The van der Waals surface area contributed by atoms with Gasteiger partial charge < -0.3 is 20.7 Å². The van der Waals surface area contributed by atoms with E-state index in [1.54, 1.807) is 10.2 Å². The summed E-state index contributed by atoms with van der Waals surface area (Å²) >= 11 is 1.98. The predicted octanol–water partition coefficient (Wildman–Crippen LogP) is 0.335. The van der Waals surface area contributed by atoms with Crippen molar-refractivity contribution in [2.75, 3.05) is 12.3 Å². The smallest absolute Gasteiger partial charge is 0.351 e. The van der Waals surface area contributed by atoms with Gasteiger partial charge in [0.15, 0.2) is 6.23 Å². The first-order chi connectivity index (χ1) is 10.0. The molecule has 2 heterocycles. The summed E-state index contributed by atoms with van der Waals surface area (Å²) < 4.78 is 20.8. The Kier molecular flexibility index (Phi) is 5.08. The summed E-state index contributed by atoms with van der Waals surface area (Å²) in [6.07, 6.45) is -0.424. The van der Waals surface area contributed by atoms with Gasteiger partial charge in [0.1, 0.15) is 18.0 Å². The molecule has 0 radical (unpaired) electrons. The molecule has 7 nitrogen and oxygen atoms in total. The van der Waals surface area contributed by atoms with Crippen molar-refractivity contribution in [3.8, 4) is 0 Å². The molecule has 0 amide bonds. The number of halogens is 2. The van der Waals surface area contributed by atoms with Crippen molar-refractivity contribution in [1.82, 2.24) is 9.55 Å². The van der Waals surface area contributed by atoms with Crippen LogP contribution in [0.15, 0.2) is 27.0 Å². The van der Waals surface area contributed by atoms with Crippen LogP contribution in [-0.4, -0.2) is 38.6 Å². The van der Waals surface area contributed by atoms with Crippen molar-refractivity contribution in [2.24, 2.45) is 0 Å². The van der Waals surface area contributed by atoms with Crippen LogP contribution in [0.1, 0.15) is 11.8 Å². The van der Waals surface area contributed by atoms with Crippen molar-refractivity contribution in [3.05, 3.63) is 38.2 Å². The van der Waals surface area contributed by atoms with Crippen LogP contribution in [0.4, 0.5) is 10.2 Å². The van der Waals surface area contributed by atoms with Gasteiger partial charge in [0.2, 0.25) is 0 Å². The average Bonchev–Trinajstić information content (AvgIpc) is 2.78. The lowest BCUT2D eigenvalue weighted by atomic mass is 10.1.